The first-order valence-electron chi connectivity index (χ1n) is 6.32. The Bertz CT molecular complexity index is 568. The first-order valence-corrected chi connectivity index (χ1v) is 6.32. The Kier molecular flexibility index (Phi) is 3.33. The average molecular weight is 260 g/mol. The van der Waals surface area contributed by atoms with Crippen molar-refractivity contribution < 1.29 is 9.47 Å². The Morgan fingerprint density at radius 3 is 3.05 bits per heavy atom. The van der Waals surface area contributed by atoms with Crippen LogP contribution in [0.4, 0.5) is 0 Å². The number of benzene rings is 1. The maximum absolute atomic E-state index is 5.35. The quantitative estimate of drug-likeness (QED) is 0.878. The molecule has 3 rings (SSSR count). The van der Waals surface area contributed by atoms with E-state index in [1.54, 1.807) is 6.33 Å². The van der Waals surface area contributed by atoms with E-state index in [0.717, 1.165) is 36.0 Å². The van der Waals surface area contributed by atoms with Crippen molar-refractivity contribution in [3.63, 3.8) is 0 Å². The van der Waals surface area contributed by atoms with Gasteiger partial charge < -0.3 is 14.8 Å². The summed E-state index contributed by atoms with van der Waals surface area (Å²) in [7, 11) is 0. The number of nitrogens with one attached hydrogen (secondary N) is 1. The van der Waals surface area contributed by atoms with Crippen molar-refractivity contribution in [2.75, 3.05) is 6.79 Å². The van der Waals surface area contributed by atoms with Crippen LogP contribution in [-0.2, 0) is 19.6 Å². The molecule has 2 heterocycles. The Labute approximate surface area is 111 Å². The second-order valence-electron chi connectivity index (χ2n) is 4.28. The van der Waals surface area contributed by atoms with Crippen molar-refractivity contribution in [3.05, 3.63) is 35.9 Å². The molecular formula is C13H16N4O2. The van der Waals surface area contributed by atoms with Gasteiger partial charge in [-0.2, -0.15) is 5.10 Å². The van der Waals surface area contributed by atoms with Crippen LogP contribution in [0.2, 0.25) is 0 Å². The van der Waals surface area contributed by atoms with Crippen molar-refractivity contribution in [1.29, 1.82) is 0 Å². The topological polar surface area (TPSA) is 61.2 Å². The van der Waals surface area contributed by atoms with Gasteiger partial charge in [-0.25, -0.2) is 9.67 Å². The summed E-state index contributed by atoms with van der Waals surface area (Å²) >= 11 is 0. The fraction of sp³-hybridized carbons (Fsp3) is 0.385. The third-order valence-electron chi connectivity index (χ3n) is 3.04. The van der Waals surface area contributed by atoms with Crippen LogP contribution in [0.1, 0.15) is 18.3 Å². The van der Waals surface area contributed by atoms with Crippen molar-refractivity contribution in [1.82, 2.24) is 20.1 Å². The van der Waals surface area contributed by atoms with Gasteiger partial charge in [0.2, 0.25) is 6.79 Å². The van der Waals surface area contributed by atoms with Crippen molar-refractivity contribution in [2.45, 2.75) is 26.6 Å². The third-order valence-corrected chi connectivity index (χ3v) is 3.04. The number of rotatable bonds is 5. The van der Waals surface area contributed by atoms with Crippen LogP contribution in [-0.4, -0.2) is 21.6 Å². The molecule has 0 spiro atoms. The van der Waals surface area contributed by atoms with E-state index < -0.39 is 0 Å². The number of ether oxygens (including phenoxy) is 2. The molecular weight excluding hydrogens is 244 g/mol. The average Bonchev–Trinajstić information content (AvgIpc) is 3.06. The van der Waals surface area contributed by atoms with Gasteiger partial charge in [-0.05, 0) is 24.6 Å². The predicted octanol–water partition coefficient (Wildman–Crippen LogP) is 1.32. The van der Waals surface area contributed by atoms with E-state index in [4.69, 9.17) is 9.47 Å². The standard InChI is InChI=1S/C13H16N4O2/c1-2-17-13(15-8-16-17)7-14-6-10-3-4-11-12(5-10)19-9-18-11/h3-5,8,14H,2,6-7,9H2,1H3. The fourth-order valence-corrected chi connectivity index (χ4v) is 2.06. The monoisotopic (exact) mass is 260 g/mol. The summed E-state index contributed by atoms with van der Waals surface area (Å²) in [5.74, 6) is 2.58. The van der Waals surface area contributed by atoms with E-state index in [1.165, 1.54) is 0 Å². The number of aryl methyl sites for hydroxylation is 1. The summed E-state index contributed by atoms with van der Waals surface area (Å²) < 4.78 is 12.5. The molecule has 0 saturated carbocycles. The largest absolute Gasteiger partial charge is 0.454 e. The first kappa shape index (κ1) is 12.0. The second-order valence-corrected chi connectivity index (χ2v) is 4.28. The van der Waals surface area contributed by atoms with Gasteiger partial charge in [-0.15, -0.1) is 0 Å². The molecule has 0 bridgehead atoms. The van der Waals surface area contributed by atoms with Gasteiger partial charge in [0.25, 0.3) is 0 Å². The highest BCUT2D eigenvalue weighted by atomic mass is 16.7. The molecule has 100 valence electrons. The number of nitrogens with zero attached hydrogens (tertiary/aromatic N) is 3. The number of hydrogen-bond acceptors (Lipinski definition) is 5. The molecule has 1 aromatic carbocycles. The Morgan fingerprint density at radius 1 is 1.26 bits per heavy atom. The highest BCUT2D eigenvalue weighted by molar-refractivity contribution is 5.44. The second kappa shape index (κ2) is 5.27. The van der Waals surface area contributed by atoms with Gasteiger partial charge in [0.1, 0.15) is 12.2 Å². The molecule has 1 aromatic heterocycles. The maximum atomic E-state index is 5.35. The summed E-state index contributed by atoms with van der Waals surface area (Å²) in [6.07, 6.45) is 1.58. The molecule has 6 nitrogen and oxygen atoms in total. The zero-order valence-corrected chi connectivity index (χ0v) is 10.8. The fourth-order valence-electron chi connectivity index (χ4n) is 2.06. The van der Waals surface area contributed by atoms with E-state index in [-0.39, 0.29) is 0 Å². The smallest absolute Gasteiger partial charge is 0.231 e. The van der Waals surface area contributed by atoms with Crippen LogP contribution >= 0.6 is 0 Å². The third kappa shape index (κ3) is 2.53. The van der Waals surface area contributed by atoms with Gasteiger partial charge in [-0.3, -0.25) is 0 Å². The number of aromatic nitrogens is 3. The molecule has 1 aliphatic heterocycles. The highest BCUT2D eigenvalue weighted by Gasteiger charge is 2.12. The number of fused-ring (bicyclic) bond motifs is 1. The van der Waals surface area contributed by atoms with Gasteiger partial charge >= 0.3 is 0 Å². The lowest BCUT2D eigenvalue weighted by Crippen LogP contribution is -2.17. The minimum absolute atomic E-state index is 0.311. The minimum Gasteiger partial charge on any atom is -0.454 e. The molecule has 0 amide bonds. The van der Waals surface area contributed by atoms with E-state index in [9.17, 15) is 0 Å². The van der Waals surface area contributed by atoms with Crippen LogP contribution in [0.15, 0.2) is 24.5 Å². The Morgan fingerprint density at radius 2 is 2.16 bits per heavy atom. The zero-order valence-electron chi connectivity index (χ0n) is 10.8. The molecule has 0 radical (unpaired) electrons. The molecule has 2 aromatic rings. The molecule has 6 heteroatoms. The van der Waals surface area contributed by atoms with Gasteiger partial charge in [0.05, 0.1) is 6.54 Å². The van der Waals surface area contributed by atoms with Crippen LogP contribution in [0.25, 0.3) is 0 Å². The molecule has 1 N–H and O–H groups in total. The Balaban J connectivity index is 1.58. The Hall–Kier alpha value is -2.08. The molecule has 19 heavy (non-hydrogen) atoms. The normalized spacial score (nSPS) is 12.9. The van der Waals surface area contributed by atoms with Crippen LogP contribution in [0.5, 0.6) is 11.5 Å². The van der Waals surface area contributed by atoms with Crippen LogP contribution in [0.3, 0.4) is 0 Å². The maximum Gasteiger partial charge on any atom is 0.231 e. The van der Waals surface area contributed by atoms with Crippen LogP contribution in [0, 0.1) is 0 Å². The zero-order chi connectivity index (χ0) is 13.1. The van der Waals surface area contributed by atoms with E-state index in [0.29, 0.717) is 13.3 Å². The summed E-state index contributed by atoms with van der Waals surface area (Å²) in [5.41, 5.74) is 1.16. The molecule has 0 fully saturated rings. The molecule has 0 aliphatic carbocycles. The molecule has 0 unspecified atom stereocenters. The molecule has 0 atom stereocenters. The van der Waals surface area contributed by atoms with Gasteiger partial charge in [0.15, 0.2) is 11.5 Å². The van der Waals surface area contributed by atoms with E-state index in [2.05, 4.69) is 22.3 Å². The van der Waals surface area contributed by atoms with Crippen molar-refractivity contribution >= 4 is 0 Å². The molecule has 1 aliphatic rings. The lowest BCUT2D eigenvalue weighted by atomic mass is 10.2. The van der Waals surface area contributed by atoms with Gasteiger partial charge in [-0.1, -0.05) is 6.07 Å². The van der Waals surface area contributed by atoms with Crippen molar-refractivity contribution in [3.8, 4) is 11.5 Å². The highest BCUT2D eigenvalue weighted by Crippen LogP contribution is 2.32. The van der Waals surface area contributed by atoms with E-state index in [1.807, 2.05) is 22.9 Å². The predicted molar refractivity (Wildman–Crippen MR) is 68.8 cm³/mol. The van der Waals surface area contributed by atoms with Crippen molar-refractivity contribution in [2.24, 2.45) is 0 Å². The summed E-state index contributed by atoms with van der Waals surface area (Å²) in [6, 6.07) is 5.97. The van der Waals surface area contributed by atoms with Gasteiger partial charge in [0, 0.05) is 13.1 Å². The number of hydrogen-bond donors (Lipinski definition) is 1. The molecule has 0 saturated heterocycles. The van der Waals surface area contributed by atoms with Crippen LogP contribution < -0.4 is 14.8 Å². The lowest BCUT2D eigenvalue weighted by Gasteiger charge is -2.06. The summed E-state index contributed by atoms with van der Waals surface area (Å²) in [4.78, 5) is 4.22. The lowest BCUT2D eigenvalue weighted by molar-refractivity contribution is 0.174. The summed E-state index contributed by atoms with van der Waals surface area (Å²) in [6.45, 7) is 4.65. The summed E-state index contributed by atoms with van der Waals surface area (Å²) in [5, 5.41) is 7.49. The van der Waals surface area contributed by atoms with E-state index >= 15 is 0 Å². The first-order chi connectivity index (χ1) is 9.36. The minimum atomic E-state index is 0.311. The SMILES string of the molecule is CCn1ncnc1CNCc1ccc2c(c1)OCO2.